The largest absolute Gasteiger partial charge is 0.394 e. The minimum absolute atomic E-state index is 0.151. The van der Waals surface area contributed by atoms with Gasteiger partial charge in [0.15, 0.2) is 0 Å². The third-order valence-corrected chi connectivity index (χ3v) is 8.12. The van der Waals surface area contributed by atoms with Crippen LogP contribution in [0.3, 0.4) is 0 Å². The molecule has 3 unspecified atom stereocenters. The number of aliphatic hydroxyl groups is 3. The first-order valence-corrected chi connectivity index (χ1v) is 17.5. The van der Waals surface area contributed by atoms with Crippen LogP contribution in [0.5, 0.6) is 0 Å². The Hall–Kier alpha value is -0.910. The zero-order valence-electron chi connectivity index (χ0n) is 26.7. The molecule has 0 radical (unpaired) electrons. The van der Waals surface area contributed by atoms with Gasteiger partial charge in [0.2, 0.25) is 5.91 Å². The second-order valence-corrected chi connectivity index (χ2v) is 12.1. The number of carbonyl (C=O) groups is 1. The van der Waals surface area contributed by atoms with Gasteiger partial charge in [-0.1, -0.05) is 148 Å². The van der Waals surface area contributed by atoms with Crippen molar-refractivity contribution in [2.45, 2.75) is 199 Å². The molecular weight excluding hydrogens is 498 g/mol. The van der Waals surface area contributed by atoms with Crippen molar-refractivity contribution in [1.82, 2.24) is 5.32 Å². The minimum atomic E-state index is -1.13. The van der Waals surface area contributed by atoms with Gasteiger partial charge in [-0.15, -0.1) is 0 Å². The first-order chi connectivity index (χ1) is 19.6. The van der Waals surface area contributed by atoms with Gasteiger partial charge >= 0.3 is 0 Å². The van der Waals surface area contributed by atoms with E-state index in [-0.39, 0.29) is 12.5 Å². The molecule has 0 heterocycles. The maximum absolute atomic E-state index is 12.3. The predicted octanol–water partition coefficient (Wildman–Crippen LogP) is 8.92. The van der Waals surface area contributed by atoms with Gasteiger partial charge in [0, 0.05) is 6.42 Å². The molecule has 0 aromatic heterocycles. The first kappa shape index (κ1) is 39.1. The number of carbonyl (C=O) groups excluding carboxylic acids is 1. The summed E-state index contributed by atoms with van der Waals surface area (Å²) < 4.78 is 0. The molecule has 0 aromatic rings. The summed E-state index contributed by atoms with van der Waals surface area (Å²) in [7, 11) is 0. The molecule has 3 atom stereocenters. The quantitative estimate of drug-likeness (QED) is 0.0497. The van der Waals surface area contributed by atoms with Gasteiger partial charge in [-0.05, 0) is 38.5 Å². The molecule has 4 N–H and O–H groups in total. The van der Waals surface area contributed by atoms with Crippen molar-refractivity contribution in [2.75, 3.05) is 6.61 Å². The molecule has 0 aliphatic rings. The number of allylic oxidation sites excluding steroid dienone is 2. The zero-order chi connectivity index (χ0) is 29.5. The Kier molecular flexibility index (Phi) is 30.3. The fourth-order valence-electron chi connectivity index (χ4n) is 5.33. The average molecular weight is 568 g/mol. The molecule has 0 saturated heterocycles. The third kappa shape index (κ3) is 26.0. The molecule has 238 valence electrons. The van der Waals surface area contributed by atoms with Crippen molar-refractivity contribution in [2.24, 2.45) is 0 Å². The Bertz CT molecular complexity index is 554. The molecule has 40 heavy (non-hydrogen) atoms. The molecule has 0 aromatic carbocycles. The van der Waals surface area contributed by atoms with Crippen molar-refractivity contribution in [3.8, 4) is 0 Å². The van der Waals surface area contributed by atoms with Gasteiger partial charge in [-0.2, -0.15) is 0 Å². The Morgan fingerprint density at radius 1 is 0.600 bits per heavy atom. The van der Waals surface area contributed by atoms with Gasteiger partial charge in [0.25, 0.3) is 0 Å². The molecule has 0 aliphatic carbocycles. The minimum Gasteiger partial charge on any atom is -0.394 e. The number of rotatable bonds is 31. The number of amides is 1. The average Bonchev–Trinajstić information content (AvgIpc) is 2.96. The lowest BCUT2D eigenvalue weighted by Crippen LogP contribution is -2.50. The summed E-state index contributed by atoms with van der Waals surface area (Å²) in [5.41, 5.74) is 0. The summed E-state index contributed by atoms with van der Waals surface area (Å²) in [6.07, 6.45) is 32.9. The van der Waals surface area contributed by atoms with E-state index in [0.29, 0.717) is 12.8 Å². The maximum atomic E-state index is 12.3. The summed E-state index contributed by atoms with van der Waals surface area (Å²) in [6.45, 7) is 4.13. The van der Waals surface area contributed by atoms with Gasteiger partial charge in [-0.3, -0.25) is 4.79 Å². The summed E-state index contributed by atoms with van der Waals surface area (Å²) in [4.78, 5) is 12.3. The summed E-state index contributed by atoms with van der Waals surface area (Å²) in [5, 5.41) is 33.2. The molecule has 0 fully saturated rings. The number of unbranched alkanes of at least 4 members (excludes halogenated alkanes) is 21. The summed E-state index contributed by atoms with van der Waals surface area (Å²) in [5.74, 6) is -0.151. The maximum Gasteiger partial charge on any atom is 0.220 e. The molecule has 0 spiro atoms. The van der Waals surface area contributed by atoms with E-state index in [4.69, 9.17) is 0 Å². The van der Waals surface area contributed by atoms with E-state index in [1.54, 1.807) is 0 Å². The predicted molar refractivity (Wildman–Crippen MR) is 172 cm³/mol. The van der Waals surface area contributed by atoms with Crippen LogP contribution in [0, 0.1) is 0 Å². The van der Waals surface area contributed by atoms with Crippen molar-refractivity contribution in [1.29, 1.82) is 0 Å². The number of hydrogen-bond donors (Lipinski definition) is 4. The highest BCUT2D eigenvalue weighted by molar-refractivity contribution is 5.76. The SMILES string of the molecule is CCCCCC/C=C\CCCCCCCCCC(=O)NC(CO)C(O)C(O)CCCCCCCCCCCCC. The van der Waals surface area contributed by atoms with Gasteiger partial charge in [-0.25, -0.2) is 0 Å². The second kappa shape index (κ2) is 31.0. The van der Waals surface area contributed by atoms with Crippen LogP contribution in [-0.2, 0) is 4.79 Å². The van der Waals surface area contributed by atoms with Crippen molar-refractivity contribution in [3.05, 3.63) is 12.2 Å². The van der Waals surface area contributed by atoms with E-state index in [2.05, 4.69) is 31.3 Å². The number of hydrogen-bond acceptors (Lipinski definition) is 4. The van der Waals surface area contributed by atoms with Gasteiger partial charge in [0.1, 0.15) is 6.10 Å². The van der Waals surface area contributed by atoms with Crippen molar-refractivity contribution in [3.63, 3.8) is 0 Å². The standard InChI is InChI=1S/C35H69NO4/c1-3-5-7-9-11-13-15-16-17-18-20-22-24-26-28-30-34(39)36-32(31-37)35(40)33(38)29-27-25-23-21-19-14-12-10-8-6-4-2/h13,15,32-33,35,37-38,40H,3-12,14,16-31H2,1-2H3,(H,36,39)/b15-13-. The molecule has 0 aliphatic heterocycles. The summed E-state index contributed by atoms with van der Waals surface area (Å²) in [6, 6.07) is -0.805. The lowest BCUT2D eigenvalue weighted by atomic mass is 9.99. The number of aliphatic hydroxyl groups excluding tert-OH is 3. The Labute approximate surface area is 249 Å². The summed E-state index contributed by atoms with van der Waals surface area (Å²) >= 11 is 0. The topological polar surface area (TPSA) is 89.8 Å². The van der Waals surface area contributed by atoms with E-state index in [1.165, 1.54) is 116 Å². The van der Waals surface area contributed by atoms with Gasteiger partial charge in [0.05, 0.1) is 18.8 Å². The second-order valence-electron chi connectivity index (χ2n) is 12.1. The Morgan fingerprint density at radius 3 is 1.48 bits per heavy atom. The highest BCUT2D eigenvalue weighted by Crippen LogP contribution is 2.15. The van der Waals surface area contributed by atoms with Crippen molar-refractivity contribution >= 4 is 5.91 Å². The third-order valence-electron chi connectivity index (χ3n) is 8.12. The molecular formula is C35H69NO4. The fraction of sp³-hybridized carbons (Fsp3) is 0.914. The van der Waals surface area contributed by atoms with Crippen LogP contribution in [0.2, 0.25) is 0 Å². The normalized spacial score (nSPS) is 14.0. The van der Waals surface area contributed by atoms with Crippen LogP contribution in [-0.4, -0.2) is 46.1 Å². The molecule has 5 nitrogen and oxygen atoms in total. The van der Waals surface area contributed by atoms with E-state index >= 15 is 0 Å². The lowest BCUT2D eigenvalue weighted by molar-refractivity contribution is -0.124. The molecule has 0 rings (SSSR count). The lowest BCUT2D eigenvalue weighted by Gasteiger charge is -2.26. The van der Waals surface area contributed by atoms with Crippen molar-refractivity contribution < 1.29 is 20.1 Å². The van der Waals surface area contributed by atoms with Gasteiger partial charge < -0.3 is 20.6 Å². The van der Waals surface area contributed by atoms with E-state index < -0.39 is 18.2 Å². The fourth-order valence-corrected chi connectivity index (χ4v) is 5.33. The zero-order valence-corrected chi connectivity index (χ0v) is 26.7. The number of nitrogens with one attached hydrogen (secondary N) is 1. The van der Waals surface area contributed by atoms with Crippen LogP contribution in [0.15, 0.2) is 12.2 Å². The van der Waals surface area contributed by atoms with Crippen LogP contribution >= 0.6 is 0 Å². The highest BCUT2D eigenvalue weighted by Gasteiger charge is 2.26. The monoisotopic (exact) mass is 568 g/mol. The van der Waals surface area contributed by atoms with Crippen LogP contribution < -0.4 is 5.32 Å². The Balaban J connectivity index is 3.71. The van der Waals surface area contributed by atoms with E-state index in [1.807, 2.05) is 0 Å². The smallest absolute Gasteiger partial charge is 0.220 e. The molecule has 0 bridgehead atoms. The molecule has 5 heteroatoms. The van der Waals surface area contributed by atoms with Crippen LogP contribution in [0.1, 0.15) is 181 Å². The van der Waals surface area contributed by atoms with Crippen LogP contribution in [0.25, 0.3) is 0 Å². The Morgan fingerprint density at radius 2 is 1.00 bits per heavy atom. The molecule has 1 amide bonds. The van der Waals surface area contributed by atoms with E-state index in [0.717, 1.165) is 38.5 Å². The molecule has 0 saturated carbocycles. The highest BCUT2D eigenvalue weighted by atomic mass is 16.3. The van der Waals surface area contributed by atoms with Crippen LogP contribution in [0.4, 0.5) is 0 Å². The van der Waals surface area contributed by atoms with E-state index in [9.17, 15) is 20.1 Å². The first-order valence-electron chi connectivity index (χ1n) is 17.5.